The largest absolute Gasteiger partial charge is 0.320 e. The molecule has 0 saturated carbocycles. The molecular weight excluding hydrogens is 238 g/mol. The number of amides is 1. The highest BCUT2D eigenvalue weighted by Crippen LogP contribution is 2.17. The highest BCUT2D eigenvalue weighted by Gasteiger charge is 2.16. The number of benzene rings is 1. The highest BCUT2D eigenvalue weighted by molar-refractivity contribution is 5.92. The van der Waals surface area contributed by atoms with Gasteiger partial charge in [0, 0.05) is 0 Å². The molecule has 1 rings (SSSR count). The smallest absolute Gasteiger partial charge is 0.238 e. The van der Waals surface area contributed by atoms with Gasteiger partial charge >= 0.3 is 0 Å². The summed E-state index contributed by atoms with van der Waals surface area (Å²) in [4.78, 5) is 11.5. The van der Waals surface area contributed by atoms with Gasteiger partial charge in [-0.25, -0.2) is 8.78 Å². The van der Waals surface area contributed by atoms with Crippen molar-refractivity contribution >= 4 is 11.6 Å². The first kappa shape index (κ1) is 14.1. The van der Waals surface area contributed by atoms with E-state index < -0.39 is 28.8 Å². The minimum absolute atomic E-state index is 0.134. The van der Waals surface area contributed by atoms with Crippen LogP contribution in [0.5, 0.6) is 0 Å². The number of halogens is 2. The van der Waals surface area contributed by atoms with Crippen molar-refractivity contribution in [1.82, 2.24) is 5.32 Å². The van der Waals surface area contributed by atoms with Gasteiger partial charge in [0.1, 0.15) is 17.3 Å². The molecule has 0 aliphatic heterocycles. The maximum absolute atomic E-state index is 13.2. The van der Waals surface area contributed by atoms with Crippen LogP contribution in [0.1, 0.15) is 13.8 Å². The third kappa shape index (κ3) is 3.82. The van der Waals surface area contributed by atoms with Crippen molar-refractivity contribution in [2.75, 3.05) is 11.9 Å². The molecule has 1 amide bonds. The Bertz CT molecular complexity index is 472. The lowest BCUT2D eigenvalue weighted by Gasteiger charge is -2.19. The van der Waals surface area contributed by atoms with E-state index >= 15 is 0 Å². The van der Waals surface area contributed by atoms with E-state index in [9.17, 15) is 13.6 Å². The van der Waals surface area contributed by atoms with Gasteiger partial charge in [0.15, 0.2) is 0 Å². The molecule has 18 heavy (non-hydrogen) atoms. The molecule has 96 valence electrons. The van der Waals surface area contributed by atoms with Crippen molar-refractivity contribution in [1.29, 1.82) is 0 Å². The van der Waals surface area contributed by atoms with Crippen LogP contribution in [0.25, 0.3) is 0 Å². The summed E-state index contributed by atoms with van der Waals surface area (Å²) in [5.41, 5.74) is -1.12. The lowest BCUT2D eigenvalue weighted by molar-refractivity contribution is -0.115. The van der Waals surface area contributed by atoms with Gasteiger partial charge in [-0.15, -0.1) is 6.42 Å². The third-order valence-electron chi connectivity index (χ3n) is 2.28. The van der Waals surface area contributed by atoms with Gasteiger partial charge in [0.25, 0.3) is 0 Å². The predicted octanol–water partition coefficient (Wildman–Crippen LogP) is 1.90. The number of carbonyl (C=O) groups excluding carboxylic acids is 1. The van der Waals surface area contributed by atoms with Crippen molar-refractivity contribution in [3.8, 4) is 12.3 Å². The summed E-state index contributed by atoms with van der Waals surface area (Å²) in [5.74, 6) is 0.237. The van der Waals surface area contributed by atoms with Crippen LogP contribution in [0.3, 0.4) is 0 Å². The molecule has 5 heteroatoms. The van der Waals surface area contributed by atoms with Gasteiger partial charge in [-0.05, 0) is 26.0 Å². The van der Waals surface area contributed by atoms with E-state index in [1.165, 1.54) is 6.07 Å². The highest BCUT2D eigenvalue weighted by atomic mass is 19.1. The first-order valence-electron chi connectivity index (χ1n) is 5.32. The molecule has 0 aliphatic rings. The Balaban J connectivity index is 2.64. The molecule has 0 bridgehead atoms. The second kappa shape index (κ2) is 5.61. The van der Waals surface area contributed by atoms with Crippen LogP contribution < -0.4 is 10.6 Å². The van der Waals surface area contributed by atoms with Crippen LogP contribution >= 0.6 is 0 Å². The zero-order valence-electron chi connectivity index (χ0n) is 10.2. The van der Waals surface area contributed by atoms with Crippen molar-refractivity contribution < 1.29 is 13.6 Å². The molecule has 0 heterocycles. The first-order chi connectivity index (χ1) is 8.35. The van der Waals surface area contributed by atoms with E-state index in [1.807, 2.05) is 0 Å². The summed E-state index contributed by atoms with van der Waals surface area (Å²) in [5, 5.41) is 4.93. The number of terminal acetylenes is 1. The van der Waals surface area contributed by atoms with Crippen LogP contribution in [-0.2, 0) is 4.79 Å². The van der Waals surface area contributed by atoms with E-state index in [0.717, 1.165) is 12.1 Å². The van der Waals surface area contributed by atoms with Crippen LogP contribution in [-0.4, -0.2) is 18.0 Å². The van der Waals surface area contributed by atoms with Gasteiger partial charge in [0.05, 0.1) is 12.1 Å². The van der Waals surface area contributed by atoms with Gasteiger partial charge in [-0.3, -0.25) is 10.1 Å². The molecule has 0 fully saturated rings. The first-order valence-corrected chi connectivity index (χ1v) is 5.32. The topological polar surface area (TPSA) is 41.1 Å². The third-order valence-corrected chi connectivity index (χ3v) is 2.28. The normalized spacial score (nSPS) is 10.8. The summed E-state index contributed by atoms with van der Waals surface area (Å²) in [6, 6.07) is 3.36. The van der Waals surface area contributed by atoms with Crippen molar-refractivity contribution in [3.63, 3.8) is 0 Å². The Hall–Kier alpha value is -1.93. The number of hydrogen-bond donors (Lipinski definition) is 2. The Kier molecular flexibility index (Phi) is 4.40. The second-order valence-electron chi connectivity index (χ2n) is 4.27. The zero-order valence-corrected chi connectivity index (χ0v) is 10.2. The lowest BCUT2D eigenvalue weighted by atomic mass is 10.1. The number of nitrogens with one attached hydrogen (secondary N) is 2. The fraction of sp³-hybridized carbons (Fsp3) is 0.308. The summed E-state index contributed by atoms with van der Waals surface area (Å²) in [6.45, 7) is 3.29. The maximum atomic E-state index is 13.2. The SMILES string of the molecule is C#CC(C)(C)NCC(=O)Nc1c(F)cccc1F. The molecular formula is C13H14F2N2O. The molecule has 3 nitrogen and oxygen atoms in total. The van der Waals surface area contributed by atoms with E-state index in [2.05, 4.69) is 16.6 Å². The summed E-state index contributed by atoms with van der Waals surface area (Å²) < 4.78 is 26.5. The van der Waals surface area contributed by atoms with Crippen LogP contribution in [0.15, 0.2) is 18.2 Å². The standard InChI is InChI=1S/C13H14F2N2O/c1-4-13(2,3)16-8-11(18)17-12-9(14)6-5-7-10(12)15/h1,5-7,16H,8H2,2-3H3,(H,17,18). The summed E-state index contributed by atoms with van der Waals surface area (Å²) in [6.07, 6.45) is 5.23. The van der Waals surface area contributed by atoms with Crippen molar-refractivity contribution in [3.05, 3.63) is 29.8 Å². The number of carbonyl (C=O) groups is 1. The molecule has 0 spiro atoms. The fourth-order valence-corrected chi connectivity index (χ4v) is 1.15. The zero-order chi connectivity index (χ0) is 13.8. The Morgan fingerprint density at radius 1 is 1.39 bits per heavy atom. The molecule has 0 aliphatic carbocycles. The van der Waals surface area contributed by atoms with Crippen LogP contribution in [0, 0.1) is 24.0 Å². The molecule has 0 atom stereocenters. The van der Waals surface area contributed by atoms with E-state index in [4.69, 9.17) is 6.42 Å². The van der Waals surface area contributed by atoms with Crippen LogP contribution in [0.4, 0.5) is 14.5 Å². The van der Waals surface area contributed by atoms with Crippen LogP contribution in [0.2, 0.25) is 0 Å². The number of para-hydroxylation sites is 1. The number of rotatable bonds is 4. The lowest BCUT2D eigenvalue weighted by Crippen LogP contribution is -2.42. The predicted molar refractivity (Wildman–Crippen MR) is 65.9 cm³/mol. The second-order valence-corrected chi connectivity index (χ2v) is 4.27. The minimum Gasteiger partial charge on any atom is -0.320 e. The maximum Gasteiger partial charge on any atom is 0.238 e. The van der Waals surface area contributed by atoms with Gasteiger partial charge in [-0.2, -0.15) is 0 Å². The quantitative estimate of drug-likeness (QED) is 0.804. The van der Waals surface area contributed by atoms with Gasteiger partial charge in [0.2, 0.25) is 5.91 Å². The average Bonchev–Trinajstić information content (AvgIpc) is 2.32. The monoisotopic (exact) mass is 252 g/mol. The summed E-state index contributed by atoms with van der Waals surface area (Å²) in [7, 11) is 0. The average molecular weight is 252 g/mol. The molecule has 0 unspecified atom stereocenters. The Morgan fingerprint density at radius 2 is 1.94 bits per heavy atom. The van der Waals surface area contributed by atoms with Crippen molar-refractivity contribution in [2.45, 2.75) is 19.4 Å². The molecule has 0 saturated heterocycles. The molecule has 2 N–H and O–H groups in total. The van der Waals surface area contributed by atoms with E-state index in [1.54, 1.807) is 13.8 Å². The summed E-state index contributed by atoms with van der Waals surface area (Å²) >= 11 is 0. The molecule has 0 aromatic heterocycles. The molecule has 1 aromatic carbocycles. The van der Waals surface area contributed by atoms with Gasteiger partial charge in [-0.1, -0.05) is 12.0 Å². The molecule has 1 aromatic rings. The number of hydrogen-bond acceptors (Lipinski definition) is 2. The van der Waals surface area contributed by atoms with E-state index in [-0.39, 0.29) is 6.54 Å². The van der Waals surface area contributed by atoms with Crippen molar-refractivity contribution in [2.24, 2.45) is 0 Å². The Morgan fingerprint density at radius 3 is 2.44 bits per heavy atom. The minimum atomic E-state index is -0.820. The molecule has 0 radical (unpaired) electrons. The fourth-order valence-electron chi connectivity index (χ4n) is 1.15. The van der Waals surface area contributed by atoms with Gasteiger partial charge < -0.3 is 5.32 Å². The van der Waals surface area contributed by atoms with E-state index in [0.29, 0.717) is 0 Å². The number of anilines is 1. The Labute approximate surface area is 105 Å².